The summed E-state index contributed by atoms with van der Waals surface area (Å²) < 4.78 is 11.8. The Bertz CT molecular complexity index is 716. The minimum atomic E-state index is -0.397. The summed E-state index contributed by atoms with van der Waals surface area (Å²) in [4.78, 5) is 11.3. The fourth-order valence-electron chi connectivity index (χ4n) is 1.95. The molecule has 0 fully saturated rings. The summed E-state index contributed by atoms with van der Waals surface area (Å²) in [6.45, 7) is 6.04. The third-order valence-corrected chi connectivity index (χ3v) is 2.96. The van der Waals surface area contributed by atoms with Gasteiger partial charge in [0.25, 0.3) is 0 Å². The molecule has 6 heteroatoms. The third kappa shape index (κ3) is 3.10. The van der Waals surface area contributed by atoms with Gasteiger partial charge in [-0.25, -0.2) is 9.48 Å². The summed E-state index contributed by atoms with van der Waals surface area (Å²) in [6.07, 6.45) is 2.95. The van der Waals surface area contributed by atoms with Crippen LogP contribution >= 0.6 is 0 Å². The molecule has 0 saturated heterocycles. The molecule has 0 amide bonds. The first kappa shape index (κ1) is 14.8. The van der Waals surface area contributed by atoms with Crippen molar-refractivity contribution < 1.29 is 14.3 Å². The van der Waals surface area contributed by atoms with Crippen LogP contribution in [0.5, 0.6) is 5.75 Å². The largest absolute Gasteiger partial charge is 0.494 e. The van der Waals surface area contributed by atoms with Gasteiger partial charge in [0.1, 0.15) is 16.8 Å². The molecule has 0 aliphatic heterocycles. The number of aryl methyl sites for hydroxylation is 1. The van der Waals surface area contributed by atoms with Crippen LogP contribution in [-0.2, 0) is 16.6 Å². The average molecular weight is 287 g/mol. The Morgan fingerprint density at radius 3 is 2.86 bits per heavy atom. The first-order chi connectivity index (χ1) is 10.1. The highest BCUT2D eigenvalue weighted by molar-refractivity contribution is 5.90. The number of fused-ring (bicyclic) bond motifs is 1. The van der Waals surface area contributed by atoms with Crippen molar-refractivity contribution >= 4 is 22.6 Å². The molecule has 1 aromatic carbocycles. The lowest BCUT2D eigenvalue weighted by atomic mass is 10.1. The predicted octanol–water partition coefficient (Wildman–Crippen LogP) is 2.11. The number of carbonyl (C=O) groups excluding carboxylic acids is 1. The monoisotopic (exact) mass is 287 g/mol. The molecule has 0 bridgehead atoms. The van der Waals surface area contributed by atoms with Gasteiger partial charge in [-0.2, -0.15) is 0 Å². The Morgan fingerprint density at radius 1 is 1.43 bits per heavy atom. The predicted molar refractivity (Wildman–Crippen MR) is 79.9 cm³/mol. The van der Waals surface area contributed by atoms with Crippen LogP contribution in [0.4, 0.5) is 0 Å². The van der Waals surface area contributed by atoms with Crippen molar-refractivity contribution in [3.05, 3.63) is 36.4 Å². The van der Waals surface area contributed by atoms with Crippen LogP contribution < -0.4 is 4.74 Å². The van der Waals surface area contributed by atoms with Gasteiger partial charge in [-0.15, -0.1) is 5.10 Å². The van der Waals surface area contributed by atoms with E-state index in [1.54, 1.807) is 31.8 Å². The molecule has 1 aromatic heterocycles. The third-order valence-electron chi connectivity index (χ3n) is 2.96. The molecule has 110 valence electrons. The van der Waals surface area contributed by atoms with Crippen molar-refractivity contribution in [1.82, 2.24) is 15.0 Å². The number of hydrogen-bond donors (Lipinski definition) is 0. The van der Waals surface area contributed by atoms with E-state index >= 15 is 0 Å². The van der Waals surface area contributed by atoms with Crippen LogP contribution in [-0.4, -0.2) is 34.7 Å². The molecular formula is C15H17N3O3. The van der Waals surface area contributed by atoms with Crippen LogP contribution in [0.2, 0.25) is 0 Å². The van der Waals surface area contributed by atoms with E-state index in [-0.39, 0.29) is 0 Å². The fraction of sp³-hybridized carbons (Fsp3) is 0.267. The number of allylic oxidation sites excluding steroid dienone is 2. The number of ether oxygens (including phenoxy) is 2. The van der Waals surface area contributed by atoms with E-state index in [1.165, 1.54) is 6.08 Å². The van der Waals surface area contributed by atoms with E-state index in [0.717, 1.165) is 11.1 Å². The second-order valence-corrected chi connectivity index (χ2v) is 4.37. The van der Waals surface area contributed by atoms with E-state index in [9.17, 15) is 4.79 Å². The molecule has 1 heterocycles. The standard InChI is InChI=1S/C15H17N3O3/c1-5-21-14(19)7-6-10(2)11-8-12-15(13(9-11)20-4)18(3)17-16-12/h6-9H,2,5H2,1,3-4H3/b7-6+. The SMILES string of the molecule is C=C(/C=C/C(=O)OCC)c1cc(OC)c2c(c1)nnn2C. The van der Waals surface area contributed by atoms with Gasteiger partial charge in [-0.05, 0) is 36.3 Å². The van der Waals surface area contributed by atoms with Gasteiger partial charge in [0, 0.05) is 13.1 Å². The minimum absolute atomic E-state index is 0.342. The van der Waals surface area contributed by atoms with E-state index in [2.05, 4.69) is 16.9 Å². The summed E-state index contributed by atoms with van der Waals surface area (Å²) in [6, 6.07) is 3.69. The lowest BCUT2D eigenvalue weighted by Gasteiger charge is -2.07. The molecule has 0 spiro atoms. The Labute approximate surface area is 122 Å². The quantitative estimate of drug-likeness (QED) is 0.478. The van der Waals surface area contributed by atoms with Gasteiger partial charge < -0.3 is 9.47 Å². The highest BCUT2D eigenvalue weighted by Crippen LogP contribution is 2.28. The molecule has 0 aliphatic carbocycles. The molecule has 0 aliphatic rings. The normalized spacial score (nSPS) is 11.0. The van der Waals surface area contributed by atoms with Crippen LogP contribution in [0, 0.1) is 0 Å². The maximum absolute atomic E-state index is 11.3. The maximum Gasteiger partial charge on any atom is 0.330 e. The average Bonchev–Trinajstić information content (AvgIpc) is 2.85. The van der Waals surface area contributed by atoms with E-state index in [4.69, 9.17) is 9.47 Å². The van der Waals surface area contributed by atoms with Gasteiger partial charge in [0.2, 0.25) is 0 Å². The zero-order valence-electron chi connectivity index (χ0n) is 12.3. The number of aromatic nitrogens is 3. The summed E-state index contributed by atoms with van der Waals surface area (Å²) in [5.74, 6) is 0.256. The van der Waals surface area contributed by atoms with E-state index in [0.29, 0.717) is 23.4 Å². The molecular weight excluding hydrogens is 270 g/mol. The summed E-state index contributed by atoms with van der Waals surface area (Å²) in [7, 11) is 3.38. The lowest BCUT2D eigenvalue weighted by molar-refractivity contribution is -0.137. The lowest BCUT2D eigenvalue weighted by Crippen LogP contribution is -1.99. The minimum Gasteiger partial charge on any atom is -0.494 e. The first-order valence-electron chi connectivity index (χ1n) is 6.48. The number of methoxy groups -OCH3 is 1. The Balaban J connectivity index is 2.34. The molecule has 0 unspecified atom stereocenters. The number of rotatable bonds is 5. The topological polar surface area (TPSA) is 66.2 Å². The van der Waals surface area contributed by atoms with Gasteiger partial charge in [-0.3, -0.25) is 0 Å². The molecule has 0 saturated carbocycles. The van der Waals surface area contributed by atoms with Gasteiger partial charge in [-0.1, -0.05) is 11.8 Å². The number of benzene rings is 1. The number of nitrogens with zero attached hydrogens (tertiary/aromatic N) is 3. The molecule has 21 heavy (non-hydrogen) atoms. The van der Waals surface area contributed by atoms with Crippen molar-refractivity contribution in [3.63, 3.8) is 0 Å². The van der Waals surface area contributed by atoms with Gasteiger partial charge in [0.05, 0.1) is 13.7 Å². The smallest absolute Gasteiger partial charge is 0.330 e. The number of esters is 1. The molecule has 2 rings (SSSR count). The Hall–Kier alpha value is -2.63. The molecule has 0 radical (unpaired) electrons. The molecule has 0 atom stereocenters. The van der Waals surface area contributed by atoms with Crippen LogP contribution in [0.1, 0.15) is 12.5 Å². The van der Waals surface area contributed by atoms with Crippen molar-refractivity contribution in [2.24, 2.45) is 7.05 Å². The van der Waals surface area contributed by atoms with Gasteiger partial charge >= 0.3 is 5.97 Å². The van der Waals surface area contributed by atoms with Crippen LogP contribution in [0.25, 0.3) is 16.6 Å². The number of carbonyl (C=O) groups is 1. The van der Waals surface area contributed by atoms with E-state index in [1.807, 2.05) is 12.1 Å². The second-order valence-electron chi connectivity index (χ2n) is 4.37. The van der Waals surface area contributed by atoms with Crippen molar-refractivity contribution in [3.8, 4) is 5.75 Å². The Morgan fingerprint density at radius 2 is 2.19 bits per heavy atom. The Kier molecular flexibility index (Phi) is 4.37. The summed E-state index contributed by atoms with van der Waals surface area (Å²) in [5.41, 5.74) is 2.98. The number of hydrogen-bond acceptors (Lipinski definition) is 5. The molecule has 6 nitrogen and oxygen atoms in total. The highest BCUT2D eigenvalue weighted by Gasteiger charge is 2.11. The van der Waals surface area contributed by atoms with Gasteiger partial charge in [0.15, 0.2) is 0 Å². The summed E-state index contributed by atoms with van der Waals surface area (Å²) in [5, 5.41) is 8.04. The van der Waals surface area contributed by atoms with E-state index < -0.39 is 5.97 Å². The summed E-state index contributed by atoms with van der Waals surface area (Å²) >= 11 is 0. The second kappa shape index (κ2) is 6.21. The van der Waals surface area contributed by atoms with Crippen molar-refractivity contribution in [2.45, 2.75) is 6.92 Å². The zero-order chi connectivity index (χ0) is 15.4. The van der Waals surface area contributed by atoms with Crippen molar-refractivity contribution in [1.29, 1.82) is 0 Å². The highest BCUT2D eigenvalue weighted by atomic mass is 16.5. The molecule has 2 aromatic rings. The fourth-order valence-corrected chi connectivity index (χ4v) is 1.95. The zero-order valence-corrected chi connectivity index (χ0v) is 12.3. The van der Waals surface area contributed by atoms with Crippen LogP contribution in [0.15, 0.2) is 30.9 Å². The maximum atomic E-state index is 11.3. The first-order valence-corrected chi connectivity index (χ1v) is 6.48. The van der Waals surface area contributed by atoms with Crippen LogP contribution in [0.3, 0.4) is 0 Å². The van der Waals surface area contributed by atoms with Crippen molar-refractivity contribution in [2.75, 3.05) is 13.7 Å². The molecule has 0 N–H and O–H groups in total.